The van der Waals surface area contributed by atoms with Crippen molar-refractivity contribution in [1.82, 2.24) is 29.3 Å². The predicted molar refractivity (Wildman–Crippen MR) is 171 cm³/mol. The van der Waals surface area contributed by atoms with E-state index in [1.165, 1.54) is 6.33 Å². The molecule has 2 N–H and O–H groups in total. The van der Waals surface area contributed by atoms with Crippen molar-refractivity contribution in [3.05, 3.63) is 92.6 Å². The molecule has 1 atom stereocenters. The number of nitrogens with zero attached hydrogens (tertiary/aromatic N) is 5. The molecule has 0 amide bonds. The average Bonchev–Trinajstić information content (AvgIpc) is 3.69. The number of aryl methyl sites for hydroxylation is 1. The molecule has 238 valence electrons. The quantitative estimate of drug-likeness (QED) is 0.219. The Hall–Kier alpha value is -2.71. The summed E-state index contributed by atoms with van der Waals surface area (Å²) in [6.45, 7) is 7.53. The molecule has 11 nitrogen and oxygen atoms in total. The van der Waals surface area contributed by atoms with E-state index in [-0.39, 0.29) is 76.6 Å². The zero-order chi connectivity index (χ0) is 31.7. The number of rotatable bonds is 10. The predicted octanol–water partition coefficient (Wildman–Crippen LogP) is 2.22. The van der Waals surface area contributed by atoms with E-state index in [1.807, 2.05) is 64.5 Å². The van der Waals surface area contributed by atoms with Gasteiger partial charge in [-0.15, -0.1) is 0 Å². The molecular weight excluding hydrogens is 612 g/mol. The van der Waals surface area contributed by atoms with Gasteiger partial charge in [0.1, 0.15) is 6.33 Å². The molecule has 12 heteroatoms. The van der Waals surface area contributed by atoms with Gasteiger partial charge < -0.3 is 11.3 Å². The van der Waals surface area contributed by atoms with Crippen molar-refractivity contribution in [2.45, 2.75) is 96.5 Å². The molecule has 0 bridgehead atoms. The summed E-state index contributed by atoms with van der Waals surface area (Å²) < 4.78 is 14.6. The molecule has 3 aromatic heterocycles. The van der Waals surface area contributed by atoms with Gasteiger partial charge in [-0.25, -0.2) is 9.31 Å². The van der Waals surface area contributed by atoms with Gasteiger partial charge in [-0.2, -0.15) is 10.1 Å². The van der Waals surface area contributed by atoms with Crippen LogP contribution in [0.1, 0.15) is 84.1 Å². The van der Waals surface area contributed by atoms with Crippen molar-refractivity contribution in [2.24, 2.45) is 0 Å². The van der Waals surface area contributed by atoms with Crippen molar-refractivity contribution in [1.29, 1.82) is 0 Å². The van der Waals surface area contributed by atoms with Gasteiger partial charge in [0.25, 0.3) is 5.56 Å². The number of nitrogens with one attached hydrogen (secondary N) is 1. The van der Waals surface area contributed by atoms with Crippen LogP contribution in [0.2, 0.25) is 0 Å². The third kappa shape index (κ3) is 7.23. The van der Waals surface area contributed by atoms with Crippen LogP contribution in [0.15, 0.2) is 69.0 Å². The van der Waals surface area contributed by atoms with Gasteiger partial charge in [0.2, 0.25) is 5.78 Å². The van der Waals surface area contributed by atoms with Crippen LogP contribution in [0, 0.1) is 0 Å². The number of aliphatic hydroxyl groups is 1. The first-order chi connectivity index (χ1) is 21.6. The number of fused-ring (bicyclic) bond motifs is 1. The summed E-state index contributed by atoms with van der Waals surface area (Å²) in [6, 6.07) is 15.8. The van der Waals surface area contributed by atoms with E-state index >= 15 is 0 Å². The summed E-state index contributed by atoms with van der Waals surface area (Å²) in [5.74, 6) is 0.354. The summed E-state index contributed by atoms with van der Waals surface area (Å²) in [5, 5.41) is 18.8. The topological polar surface area (TPSA) is 141 Å². The molecule has 0 radical (unpaired) electrons. The van der Waals surface area contributed by atoms with Gasteiger partial charge in [0.15, 0.2) is 5.82 Å². The van der Waals surface area contributed by atoms with E-state index in [9.17, 15) is 14.7 Å². The van der Waals surface area contributed by atoms with Gasteiger partial charge in [0.05, 0.1) is 23.5 Å². The second-order valence-electron chi connectivity index (χ2n) is 12.5. The first-order valence-electron chi connectivity index (χ1n) is 15.7. The Balaban J connectivity index is 0.00000250. The largest absolute Gasteiger partial charge is 1.00 e. The molecule has 6 rings (SSSR count). The van der Waals surface area contributed by atoms with Crippen molar-refractivity contribution in [3.8, 4) is 22.5 Å². The molecule has 0 aliphatic heterocycles. The first kappa shape index (κ1) is 34.6. The van der Waals surface area contributed by atoms with Gasteiger partial charge in [0, 0.05) is 23.6 Å². The molecular formula is C34H41KN6O5. The molecule has 3 heterocycles. The van der Waals surface area contributed by atoms with E-state index < -0.39 is 11.4 Å². The van der Waals surface area contributed by atoms with Crippen LogP contribution in [0.5, 0.6) is 0 Å². The molecule has 2 aromatic carbocycles. The zero-order valence-corrected chi connectivity index (χ0v) is 30.3. The average molecular weight is 653 g/mol. The Labute approximate surface area is 311 Å². The monoisotopic (exact) mass is 652 g/mol. The third-order valence-corrected chi connectivity index (χ3v) is 8.98. The normalized spacial score (nSPS) is 17.6. The van der Waals surface area contributed by atoms with Crippen LogP contribution >= 0.6 is 0 Å². The minimum Gasteiger partial charge on any atom is -1.00 e. The van der Waals surface area contributed by atoms with Crippen molar-refractivity contribution in [3.63, 3.8) is 0 Å². The summed E-state index contributed by atoms with van der Waals surface area (Å²) in [6.07, 6.45) is 6.49. The van der Waals surface area contributed by atoms with Crippen LogP contribution in [0.25, 0.3) is 28.3 Å². The fraction of sp³-hybridized carbons (Fsp3) is 0.441. The minimum atomic E-state index is -0.912. The Kier molecular flexibility index (Phi) is 11.0. The molecule has 1 unspecified atom stereocenters. The number of aromatic nitrogens is 6. The Morgan fingerprint density at radius 1 is 1.09 bits per heavy atom. The maximum atomic E-state index is 14.3. The number of benzene rings is 2. The molecule has 1 aliphatic carbocycles. The zero-order valence-electron chi connectivity index (χ0n) is 28.2. The standard InChI is InChI=1S/C34H40N6O5.K.H/c1-5-8-29-28(19-22-11-13-23(14-12-22)26-9-6-7-10-27(26)30-37-33(42)45-38-30)31(41)39(32-35-20-36-40(29)32)24-15-17-25(18-16-24)44-21(2)34(3,4)43;;/h6-7,9-14,20-21,24-25,43H,5,8,15-19H2,1-4H3,(H,37,38,42);;/q;+1;-1. The molecule has 1 saturated carbocycles. The molecule has 1 aliphatic rings. The number of aromatic amines is 1. The summed E-state index contributed by atoms with van der Waals surface area (Å²) in [4.78, 5) is 33.1. The van der Waals surface area contributed by atoms with Crippen LogP contribution in [-0.2, 0) is 17.6 Å². The van der Waals surface area contributed by atoms with Crippen molar-refractivity contribution in [2.75, 3.05) is 0 Å². The third-order valence-electron chi connectivity index (χ3n) is 8.98. The van der Waals surface area contributed by atoms with Crippen LogP contribution in [0.4, 0.5) is 0 Å². The molecule has 46 heavy (non-hydrogen) atoms. The second kappa shape index (κ2) is 14.6. The second-order valence-corrected chi connectivity index (χ2v) is 12.5. The van der Waals surface area contributed by atoms with E-state index in [0.29, 0.717) is 24.4 Å². The summed E-state index contributed by atoms with van der Waals surface area (Å²) >= 11 is 0. The van der Waals surface area contributed by atoms with Crippen LogP contribution in [-0.4, -0.2) is 52.2 Å². The number of H-pyrrole nitrogens is 1. The SMILES string of the molecule is CCCc1c(Cc2ccc(-c3ccccc3-c3noc(=O)[nH]3)cc2)c(=O)n(C2CCC(OC(C)C(C)(C)O)CC2)c2ncnn12.[H-].[K+]. The molecule has 0 saturated heterocycles. The Morgan fingerprint density at radius 3 is 2.41 bits per heavy atom. The molecule has 5 aromatic rings. The van der Waals surface area contributed by atoms with Gasteiger partial charge in [-0.1, -0.05) is 67.0 Å². The maximum absolute atomic E-state index is 14.3. The van der Waals surface area contributed by atoms with Crippen LogP contribution in [0.3, 0.4) is 0 Å². The van der Waals surface area contributed by atoms with Crippen molar-refractivity contribution >= 4 is 5.78 Å². The number of ether oxygens (including phenoxy) is 1. The van der Waals surface area contributed by atoms with Crippen LogP contribution < -0.4 is 62.7 Å². The maximum Gasteiger partial charge on any atom is 1.00 e. The Morgan fingerprint density at radius 2 is 1.78 bits per heavy atom. The van der Waals surface area contributed by atoms with E-state index in [2.05, 4.69) is 27.1 Å². The minimum absolute atomic E-state index is 0. The molecule has 1 fully saturated rings. The van der Waals surface area contributed by atoms with Gasteiger partial charge >= 0.3 is 57.1 Å². The van der Waals surface area contributed by atoms with Gasteiger partial charge in [-0.3, -0.25) is 18.9 Å². The summed E-state index contributed by atoms with van der Waals surface area (Å²) in [7, 11) is 0. The van der Waals surface area contributed by atoms with E-state index in [4.69, 9.17) is 9.26 Å². The fourth-order valence-corrected chi connectivity index (χ4v) is 6.27. The number of hydrogen-bond acceptors (Lipinski definition) is 8. The Bertz CT molecular complexity index is 1900. The first-order valence-corrected chi connectivity index (χ1v) is 15.7. The summed E-state index contributed by atoms with van der Waals surface area (Å²) in [5.41, 5.74) is 4.32. The van der Waals surface area contributed by atoms with E-state index in [0.717, 1.165) is 65.6 Å². The van der Waals surface area contributed by atoms with E-state index in [1.54, 1.807) is 13.8 Å². The molecule has 0 spiro atoms. The fourth-order valence-electron chi connectivity index (χ4n) is 6.27. The van der Waals surface area contributed by atoms with Gasteiger partial charge in [-0.05, 0) is 69.6 Å². The number of hydrogen-bond donors (Lipinski definition) is 2. The van der Waals surface area contributed by atoms with Crippen molar-refractivity contribution < 1.29 is 67.2 Å². The smallest absolute Gasteiger partial charge is 1.00 e.